The largest absolute Gasteiger partial charge is 0.368 e. The monoisotopic (exact) mass is 403 g/mol. The molecule has 2 aliphatic rings. The van der Waals surface area contributed by atoms with Gasteiger partial charge >= 0.3 is 0 Å². The number of nitrogens with zero attached hydrogens (tertiary/aromatic N) is 2. The number of rotatable bonds is 4. The zero-order valence-corrected chi connectivity index (χ0v) is 17.0. The number of carbonyl (C=O) groups is 1. The predicted molar refractivity (Wildman–Crippen MR) is 102 cm³/mol. The Morgan fingerprint density at radius 3 is 2.50 bits per heavy atom. The van der Waals surface area contributed by atoms with Crippen LogP contribution >= 0.6 is 12.4 Å². The molecule has 0 radical (unpaired) electrons. The van der Waals surface area contributed by atoms with Gasteiger partial charge in [-0.25, -0.2) is 12.7 Å². The number of fused-ring (bicyclic) bond motifs is 1. The summed E-state index contributed by atoms with van der Waals surface area (Å²) in [5.41, 5.74) is 0.845. The molecule has 9 heteroatoms. The number of ether oxygens (including phenoxy) is 1. The van der Waals surface area contributed by atoms with Gasteiger partial charge in [0.1, 0.15) is 5.60 Å². The summed E-state index contributed by atoms with van der Waals surface area (Å²) in [4.78, 5) is 15.1. The Morgan fingerprint density at radius 1 is 1.27 bits per heavy atom. The Morgan fingerprint density at radius 2 is 1.92 bits per heavy atom. The van der Waals surface area contributed by atoms with E-state index >= 15 is 0 Å². The Balaban J connectivity index is 0.00000243. The zero-order chi connectivity index (χ0) is 18.2. The summed E-state index contributed by atoms with van der Waals surface area (Å²) < 4.78 is 31.7. The van der Waals surface area contributed by atoms with Gasteiger partial charge in [0.25, 0.3) is 5.91 Å². The first-order valence-electron chi connectivity index (χ1n) is 8.45. The molecule has 0 saturated carbocycles. The minimum Gasteiger partial charge on any atom is -0.368 e. The van der Waals surface area contributed by atoms with Gasteiger partial charge in [-0.3, -0.25) is 4.79 Å². The van der Waals surface area contributed by atoms with Crippen molar-refractivity contribution in [2.45, 2.75) is 29.8 Å². The molecule has 7 nitrogen and oxygen atoms in total. The van der Waals surface area contributed by atoms with Gasteiger partial charge in [-0.15, -0.1) is 12.4 Å². The first kappa shape index (κ1) is 21.1. The number of piperidine rings is 1. The van der Waals surface area contributed by atoms with Crippen LogP contribution in [0.4, 0.5) is 5.69 Å². The standard InChI is InChI=1S/C17H25N3O4S.ClH/c1-19(2)25(22,23)14-5-4-13-6-11-20(15(13)12-14)16(21)17(24-3)7-9-18-10-8-17;/h4-5,12,18H,6-11H2,1-3H3;1H. The van der Waals surface area contributed by atoms with Crippen LogP contribution in [0.25, 0.3) is 0 Å². The average Bonchev–Trinajstić information content (AvgIpc) is 3.04. The van der Waals surface area contributed by atoms with Gasteiger partial charge < -0.3 is 15.0 Å². The molecule has 2 heterocycles. The van der Waals surface area contributed by atoms with Gasteiger partial charge in [-0.2, -0.15) is 0 Å². The fraction of sp³-hybridized carbons (Fsp3) is 0.588. The lowest BCUT2D eigenvalue weighted by atomic mass is 9.90. The van der Waals surface area contributed by atoms with E-state index in [9.17, 15) is 13.2 Å². The van der Waals surface area contributed by atoms with Crippen molar-refractivity contribution in [1.29, 1.82) is 0 Å². The van der Waals surface area contributed by atoms with Crippen molar-refractivity contribution < 1.29 is 17.9 Å². The van der Waals surface area contributed by atoms with E-state index in [4.69, 9.17) is 4.74 Å². The van der Waals surface area contributed by atoms with E-state index in [1.807, 2.05) is 0 Å². The summed E-state index contributed by atoms with van der Waals surface area (Å²) in [7, 11) is 1.04. The van der Waals surface area contributed by atoms with E-state index < -0.39 is 15.6 Å². The number of hydrogen-bond donors (Lipinski definition) is 1. The molecule has 26 heavy (non-hydrogen) atoms. The van der Waals surface area contributed by atoms with Crippen LogP contribution in [0.1, 0.15) is 18.4 Å². The number of sulfonamides is 1. The van der Waals surface area contributed by atoms with Crippen LogP contribution in [0.2, 0.25) is 0 Å². The highest BCUT2D eigenvalue weighted by Gasteiger charge is 2.44. The number of halogens is 1. The van der Waals surface area contributed by atoms with Crippen LogP contribution in [-0.4, -0.2) is 65.1 Å². The number of benzene rings is 1. The van der Waals surface area contributed by atoms with Gasteiger partial charge in [0, 0.05) is 33.4 Å². The van der Waals surface area contributed by atoms with Crippen molar-refractivity contribution in [3.05, 3.63) is 23.8 Å². The molecule has 0 aromatic heterocycles. The third-order valence-electron chi connectivity index (χ3n) is 5.17. The van der Waals surface area contributed by atoms with Gasteiger partial charge in [0.2, 0.25) is 10.0 Å². The lowest BCUT2D eigenvalue weighted by Gasteiger charge is -2.37. The third-order valence-corrected chi connectivity index (χ3v) is 6.98. The Labute approximate surface area is 161 Å². The quantitative estimate of drug-likeness (QED) is 0.811. The molecule has 1 aromatic rings. The molecular weight excluding hydrogens is 378 g/mol. The van der Waals surface area contributed by atoms with E-state index in [2.05, 4.69) is 5.32 Å². The number of nitrogens with one attached hydrogen (secondary N) is 1. The second kappa shape index (κ2) is 7.82. The lowest BCUT2D eigenvalue weighted by Crippen LogP contribution is -2.55. The van der Waals surface area contributed by atoms with Crippen molar-refractivity contribution >= 4 is 34.0 Å². The van der Waals surface area contributed by atoms with Gasteiger partial charge in [-0.1, -0.05) is 6.07 Å². The summed E-state index contributed by atoms with van der Waals surface area (Å²) in [5.74, 6) is -0.0744. The Kier molecular flexibility index (Phi) is 6.35. The van der Waals surface area contributed by atoms with E-state index in [1.165, 1.54) is 18.4 Å². The van der Waals surface area contributed by atoms with Crippen LogP contribution in [0.15, 0.2) is 23.1 Å². The summed E-state index contributed by atoms with van der Waals surface area (Å²) in [6, 6.07) is 5.03. The average molecular weight is 404 g/mol. The van der Waals surface area contributed by atoms with Crippen LogP contribution in [0, 0.1) is 0 Å². The molecule has 0 unspecified atom stereocenters. The number of anilines is 1. The molecule has 0 aliphatic carbocycles. The molecule has 1 saturated heterocycles. The van der Waals surface area contributed by atoms with E-state index in [0.717, 1.165) is 25.1 Å². The third kappa shape index (κ3) is 3.48. The second-order valence-corrected chi connectivity index (χ2v) is 8.88. The second-order valence-electron chi connectivity index (χ2n) is 6.73. The maximum Gasteiger partial charge on any atom is 0.259 e. The molecule has 3 rings (SSSR count). The molecule has 0 atom stereocenters. The molecule has 0 bridgehead atoms. The highest BCUT2D eigenvalue weighted by Crippen LogP contribution is 2.35. The minimum absolute atomic E-state index is 0. The van der Waals surface area contributed by atoms with Gasteiger partial charge in [-0.05, 0) is 50.0 Å². The molecule has 1 amide bonds. The van der Waals surface area contributed by atoms with Crippen molar-refractivity contribution in [2.24, 2.45) is 0 Å². The summed E-state index contributed by atoms with van der Waals surface area (Å²) in [5, 5.41) is 3.24. The highest BCUT2D eigenvalue weighted by molar-refractivity contribution is 7.89. The molecular formula is C17H26ClN3O4S. The van der Waals surface area contributed by atoms with Crippen molar-refractivity contribution in [1.82, 2.24) is 9.62 Å². The normalized spacial score (nSPS) is 19.2. The van der Waals surface area contributed by atoms with Crippen LogP contribution in [0.3, 0.4) is 0 Å². The summed E-state index contributed by atoms with van der Waals surface area (Å²) in [6.07, 6.45) is 1.95. The number of methoxy groups -OCH3 is 1. The molecule has 1 fully saturated rings. The minimum atomic E-state index is -3.54. The predicted octanol–water partition coefficient (Wildman–Crippen LogP) is 1.02. The zero-order valence-electron chi connectivity index (χ0n) is 15.3. The maximum atomic E-state index is 13.2. The van der Waals surface area contributed by atoms with Crippen LogP contribution in [0.5, 0.6) is 0 Å². The van der Waals surface area contributed by atoms with E-state index in [0.29, 0.717) is 25.1 Å². The Bertz CT molecular complexity index is 776. The molecule has 2 aliphatic heterocycles. The topological polar surface area (TPSA) is 79.0 Å². The molecule has 0 spiro atoms. The van der Waals surface area contributed by atoms with Gasteiger partial charge in [0.05, 0.1) is 4.90 Å². The number of hydrogen-bond acceptors (Lipinski definition) is 5. The van der Waals surface area contributed by atoms with Crippen LogP contribution in [-0.2, 0) is 26.0 Å². The number of carbonyl (C=O) groups excluding carboxylic acids is 1. The van der Waals surface area contributed by atoms with Crippen molar-refractivity contribution in [3.63, 3.8) is 0 Å². The van der Waals surface area contributed by atoms with E-state index in [-0.39, 0.29) is 23.2 Å². The molecule has 1 N–H and O–H groups in total. The SMILES string of the molecule is COC1(C(=O)N2CCc3ccc(S(=O)(=O)N(C)C)cc32)CCNCC1.Cl. The van der Waals surface area contributed by atoms with Crippen LogP contribution < -0.4 is 10.2 Å². The van der Waals surface area contributed by atoms with Crippen molar-refractivity contribution in [3.8, 4) is 0 Å². The smallest absolute Gasteiger partial charge is 0.259 e. The van der Waals surface area contributed by atoms with Crippen molar-refractivity contribution in [2.75, 3.05) is 45.7 Å². The maximum absolute atomic E-state index is 13.2. The summed E-state index contributed by atoms with van der Waals surface area (Å²) in [6.45, 7) is 2.02. The number of amides is 1. The highest BCUT2D eigenvalue weighted by atomic mass is 35.5. The summed E-state index contributed by atoms with van der Waals surface area (Å²) >= 11 is 0. The fourth-order valence-corrected chi connectivity index (χ4v) is 4.45. The first-order chi connectivity index (χ1) is 11.8. The Hall–Kier alpha value is -1.19. The lowest BCUT2D eigenvalue weighted by molar-refractivity contribution is -0.143. The van der Waals surface area contributed by atoms with E-state index in [1.54, 1.807) is 30.2 Å². The molecule has 1 aromatic carbocycles. The fourth-order valence-electron chi connectivity index (χ4n) is 3.52. The van der Waals surface area contributed by atoms with Gasteiger partial charge in [0.15, 0.2) is 0 Å². The first-order valence-corrected chi connectivity index (χ1v) is 9.89. The molecule has 146 valence electrons.